The fraction of sp³-hybridized carbons (Fsp3) is 0.333. The van der Waals surface area contributed by atoms with Crippen molar-refractivity contribution in [3.05, 3.63) is 60.2 Å². The number of hydrogen-bond acceptors (Lipinski definition) is 5. The van der Waals surface area contributed by atoms with Gasteiger partial charge < -0.3 is 10.2 Å². The van der Waals surface area contributed by atoms with Crippen molar-refractivity contribution in [1.29, 1.82) is 0 Å². The van der Waals surface area contributed by atoms with E-state index in [2.05, 4.69) is 10.0 Å². The third kappa shape index (κ3) is 7.16. The lowest BCUT2D eigenvalue weighted by atomic mass is 10.1. The van der Waals surface area contributed by atoms with Crippen LogP contribution in [0.15, 0.2) is 59.5 Å². The third-order valence-electron chi connectivity index (χ3n) is 4.43. The van der Waals surface area contributed by atoms with Crippen molar-refractivity contribution in [1.82, 2.24) is 9.62 Å². The first-order chi connectivity index (χ1) is 14.2. The molecular weight excluding hydrogens is 422 g/mol. The van der Waals surface area contributed by atoms with Crippen LogP contribution in [-0.4, -0.2) is 50.2 Å². The van der Waals surface area contributed by atoms with E-state index < -0.39 is 22.0 Å². The average Bonchev–Trinajstić information content (AvgIpc) is 2.71. The van der Waals surface area contributed by atoms with Gasteiger partial charge in [-0.05, 0) is 48.3 Å². The molecule has 0 radical (unpaired) electrons. The van der Waals surface area contributed by atoms with Crippen molar-refractivity contribution in [2.24, 2.45) is 0 Å². The first-order valence-electron chi connectivity index (χ1n) is 9.41. The minimum Gasteiger partial charge on any atom is -0.342 e. The zero-order valence-electron chi connectivity index (χ0n) is 17.3. The molecule has 7 nitrogen and oxygen atoms in total. The molecule has 0 heterocycles. The molecule has 0 aliphatic heterocycles. The van der Waals surface area contributed by atoms with Crippen LogP contribution in [0.4, 0.5) is 5.69 Å². The first kappa shape index (κ1) is 23.9. The second kappa shape index (κ2) is 11.1. The predicted molar refractivity (Wildman–Crippen MR) is 121 cm³/mol. The molecule has 0 fully saturated rings. The van der Waals surface area contributed by atoms with E-state index in [1.807, 2.05) is 12.3 Å². The van der Waals surface area contributed by atoms with E-state index in [0.29, 0.717) is 24.4 Å². The van der Waals surface area contributed by atoms with Crippen molar-refractivity contribution in [3.63, 3.8) is 0 Å². The molecule has 162 valence electrons. The van der Waals surface area contributed by atoms with Crippen LogP contribution in [0.25, 0.3) is 0 Å². The Kier molecular flexibility index (Phi) is 8.88. The number of nitrogens with zero attached hydrogens (tertiary/aromatic N) is 1. The molecule has 2 rings (SSSR count). The smallest absolute Gasteiger partial charge is 0.242 e. The van der Waals surface area contributed by atoms with Gasteiger partial charge in [0.05, 0.1) is 4.90 Å². The molecule has 0 aromatic heterocycles. The highest BCUT2D eigenvalue weighted by atomic mass is 32.2. The van der Waals surface area contributed by atoms with Gasteiger partial charge in [0.1, 0.15) is 6.04 Å². The molecule has 2 aromatic rings. The van der Waals surface area contributed by atoms with Gasteiger partial charge in [-0.15, -0.1) is 0 Å². The number of thioether (sulfide) groups is 1. The SMILES string of the molecule is CSCCC(NS(=O)(=O)c1ccccc1)C(=O)Nc1cccc(CN(C)C(C)=O)c1. The van der Waals surface area contributed by atoms with Crippen LogP contribution in [0.3, 0.4) is 0 Å². The molecule has 0 aliphatic rings. The predicted octanol–water partition coefficient (Wildman–Crippen LogP) is 2.70. The lowest BCUT2D eigenvalue weighted by molar-refractivity contribution is -0.128. The number of amides is 2. The number of benzene rings is 2. The van der Waals surface area contributed by atoms with E-state index in [9.17, 15) is 18.0 Å². The van der Waals surface area contributed by atoms with Gasteiger partial charge in [0, 0.05) is 26.2 Å². The van der Waals surface area contributed by atoms with Crippen LogP contribution in [0.2, 0.25) is 0 Å². The highest BCUT2D eigenvalue weighted by Crippen LogP contribution is 2.15. The number of carbonyl (C=O) groups is 2. The molecule has 2 aromatic carbocycles. The van der Waals surface area contributed by atoms with Crippen LogP contribution in [0.1, 0.15) is 18.9 Å². The maximum atomic E-state index is 12.9. The van der Waals surface area contributed by atoms with E-state index in [1.54, 1.807) is 48.3 Å². The van der Waals surface area contributed by atoms with Crippen molar-refractivity contribution >= 4 is 39.3 Å². The largest absolute Gasteiger partial charge is 0.342 e. The summed E-state index contributed by atoms with van der Waals surface area (Å²) < 4.78 is 27.9. The summed E-state index contributed by atoms with van der Waals surface area (Å²) in [6.07, 6.45) is 2.25. The van der Waals surface area contributed by atoms with Crippen LogP contribution in [0, 0.1) is 0 Å². The summed E-state index contributed by atoms with van der Waals surface area (Å²) in [7, 11) is -2.13. The van der Waals surface area contributed by atoms with E-state index >= 15 is 0 Å². The number of rotatable bonds is 10. The van der Waals surface area contributed by atoms with Crippen molar-refractivity contribution in [3.8, 4) is 0 Å². The number of nitrogens with one attached hydrogen (secondary N) is 2. The summed E-state index contributed by atoms with van der Waals surface area (Å²) in [6.45, 7) is 1.90. The molecule has 1 unspecified atom stereocenters. The Balaban J connectivity index is 2.15. The summed E-state index contributed by atoms with van der Waals surface area (Å²) in [6, 6.07) is 14.2. The molecule has 2 amide bonds. The van der Waals surface area contributed by atoms with E-state index in [4.69, 9.17) is 0 Å². The quantitative estimate of drug-likeness (QED) is 0.581. The Morgan fingerprint density at radius 1 is 1.10 bits per heavy atom. The highest BCUT2D eigenvalue weighted by molar-refractivity contribution is 7.98. The number of sulfonamides is 1. The van der Waals surface area contributed by atoms with Crippen LogP contribution < -0.4 is 10.0 Å². The molecule has 30 heavy (non-hydrogen) atoms. The number of carbonyl (C=O) groups excluding carboxylic acids is 2. The van der Waals surface area contributed by atoms with E-state index in [1.165, 1.54) is 30.8 Å². The summed E-state index contributed by atoms with van der Waals surface area (Å²) in [5.41, 5.74) is 1.40. The Bertz CT molecular complexity index is 965. The van der Waals surface area contributed by atoms with Crippen LogP contribution >= 0.6 is 11.8 Å². The normalized spacial score (nSPS) is 12.2. The van der Waals surface area contributed by atoms with Crippen molar-refractivity contribution in [2.75, 3.05) is 24.4 Å². The maximum absolute atomic E-state index is 12.9. The summed E-state index contributed by atoms with van der Waals surface area (Å²) in [4.78, 5) is 26.0. The third-order valence-corrected chi connectivity index (χ3v) is 6.56. The monoisotopic (exact) mass is 449 g/mol. The van der Waals surface area contributed by atoms with Gasteiger partial charge in [-0.25, -0.2) is 8.42 Å². The van der Waals surface area contributed by atoms with Gasteiger partial charge in [-0.1, -0.05) is 30.3 Å². The molecule has 1 atom stereocenters. The van der Waals surface area contributed by atoms with Crippen molar-refractivity contribution in [2.45, 2.75) is 30.8 Å². The molecule has 2 N–H and O–H groups in total. The minimum absolute atomic E-state index is 0.0584. The molecule has 9 heteroatoms. The minimum atomic E-state index is -3.83. The van der Waals surface area contributed by atoms with E-state index in [-0.39, 0.29) is 10.8 Å². The summed E-state index contributed by atoms with van der Waals surface area (Å²) in [5, 5.41) is 2.79. The Morgan fingerprint density at radius 2 is 1.80 bits per heavy atom. The molecule has 0 aliphatic carbocycles. The molecule has 0 saturated heterocycles. The molecular formula is C21H27N3O4S2. The Hall–Kier alpha value is -2.36. The van der Waals surface area contributed by atoms with Crippen LogP contribution in [0.5, 0.6) is 0 Å². The fourth-order valence-electron chi connectivity index (χ4n) is 2.70. The molecule has 0 spiro atoms. The standard InChI is InChI=1S/C21H27N3O4S2/c1-16(25)24(2)15-17-8-7-9-18(14-17)22-21(26)20(12-13-29-3)23-30(27,28)19-10-5-4-6-11-19/h4-11,14,20,23H,12-13,15H2,1-3H3,(H,22,26). The van der Waals surface area contributed by atoms with Crippen molar-refractivity contribution < 1.29 is 18.0 Å². The van der Waals surface area contributed by atoms with Gasteiger partial charge in [-0.2, -0.15) is 16.5 Å². The zero-order chi connectivity index (χ0) is 22.1. The van der Waals surface area contributed by atoms with Gasteiger partial charge in [0.25, 0.3) is 0 Å². The Labute approximate surface area is 182 Å². The maximum Gasteiger partial charge on any atom is 0.242 e. The lowest BCUT2D eigenvalue weighted by Gasteiger charge is -2.19. The molecule has 0 bridgehead atoms. The lowest BCUT2D eigenvalue weighted by Crippen LogP contribution is -2.44. The van der Waals surface area contributed by atoms with Gasteiger partial charge >= 0.3 is 0 Å². The second-order valence-electron chi connectivity index (χ2n) is 6.83. The zero-order valence-corrected chi connectivity index (χ0v) is 18.9. The highest BCUT2D eigenvalue weighted by Gasteiger charge is 2.25. The summed E-state index contributed by atoms with van der Waals surface area (Å²) in [5.74, 6) is 0.135. The summed E-state index contributed by atoms with van der Waals surface area (Å²) >= 11 is 1.54. The van der Waals surface area contributed by atoms with E-state index in [0.717, 1.165) is 5.56 Å². The van der Waals surface area contributed by atoms with Gasteiger partial charge in [0.2, 0.25) is 21.8 Å². The first-order valence-corrected chi connectivity index (χ1v) is 12.3. The fourth-order valence-corrected chi connectivity index (χ4v) is 4.42. The average molecular weight is 450 g/mol. The van der Waals surface area contributed by atoms with Gasteiger partial charge in [0.15, 0.2) is 0 Å². The Morgan fingerprint density at radius 3 is 2.43 bits per heavy atom. The second-order valence-corrected chi connectivity index (χ2v) is 9.53. The molecule has 0 saturated carbocycles. The number of anilines is 1. The van der Waals surface area contributed by atoms with Gasteiger partial charge in [-0.3, -0.25) is 9.59 Å². The topological polar surface area (TPSA) is 95.6 Å². The number of hydrogen-bond donors (Lipinski definition) is 2. The van der Waals surface area contributed by atoms with Crippen LogP contribution in [-0.2, 0) is 26.2 Å².